The Morgan fingerprint density at radius 2 is 1.71 bits per heavy atom. The highest BCUT2D eigenvalue weighted by atomic mass is 16.5. The van der Waals surface area contributed by atoms with Gasteiger partial charge in [0.05, 0.1) is 14.2 Å². The number of hydrogen-bond acceptors (Lipinski definition) is 3. The van der Waals surface area contributed by atoms with Gasteiger partial charge in [0.1, 0.15) is 11.5 Å². The molecule has 2 rings (SSSR count). The Hall–Kier alpha value is -1.38. The van der Waals surface area contributed by atoms with Crippen LogP contribution in [0.3, 0.4) is 0 Å². The van der Waals surface area contributed by atoms with Gasteiger partial charge in [-0.1, -0.05) is 6.92 Å². The summed E-state index contributed by atoms with van der Waals surface area (Å²) in [5, 5.41) is 3.56. The third kappa shape index (κ3) is 3.05. The van der Waals surface area contributed by atoms with Gasteiger partial charge in [-0.05, 0) is 25.2 Å². The standard InChI is InChI=1S/C14H21NO2/c1-10-4-5-11(6-10)15-12-7-13(16-2)9-14(8-12)17-3/h7-11,15H,4-6H2,1-3H3. The fraction of sp³-hybridized carbons (Fsp3) is 0.571. The molecule has 1 saturated carbocycles. The topological polar surface area (TPSA) is 30.5 Å². The van der Waals surface area contributed by atoms with Crippen molar-refractivity contribution >= 4 is 5.69 Å². The molecule has 3 nitrogen and oxygen atoms in total. The fourth-order valence-electron chi connectivity index (χ4n) is 2.46. The van der Waals surface area contributed by atoms with Crippen molar-refractivity contribution in [1.29, 1.82) is 0 Å². The first-order valence-electron chi connectivity index (χ1n) is 6.21. The SMILES string of the molecule is COc1cc(NC2CCC(C)C2)cc(OC)c1. The molecule has 0 bridgehead atoms. The van der Waals surface area contributed by atoms with Gasteiger partial charge in [-0.25, -0.2) is 0 Å². The van der Waals surface area contributed by atoms with Gasteiger partial charge in [0.2, 0.25) is 0 Å². The number of nitrogens with one attached hydrogen (secondary N) is 1. The van der Waals surface area contributed by atoms with Crippen LogP contribution >= 0.6 is 0 Å². The van der Waals surface area contributed by atoms with Crippen molar-refractivity contribution in [3.8, 4) is 11.5 Å². The van der Waals surface area contributed by atoms with E-state index < -0.39 is 0 Å². The van der Waals surface area contributed by atoms with Crippen LogP contribution in [0.1, 0.15) is 26.2 Å². The molecule has 0 aromatic heterocycles. The van der Waals surface area contributed by atoms with Crippen LogP contribution in [-0.4, -0.2) is 20.3 Å². The van der Waals surface area contributed by atoms with Crippen molar-refractivity contribution in [2.45, 2.75) is 32.2 Å². The minimum atomic E-state index is 0.585. The average Bonchev–Trinajstić information content (AvgIpc) is 2.74. The van der Waals surface area contributed by atoms with Crippen LogP contribution in [-0.2, 0) is 0 Å². The van der Waals surface area contributed by atoms with E-state index in [2.05, 4.69) is 12.2 Å². The van der Waals surface area contributed by atoms with Gasteiger partial charge < -0.3 is 14.8 Å². The first-order chi connectivity index (χ1) is 8.21. The number of hydrogen-bond donors (Lipinski definition) is 1. The second-order valence-electron chi connectivity index (χ2n) is 4.86. The molecule has 1 fully saturated rings. The van der Waals surface area contributed by atoms with E-state index in [-0.39, 0.29) is 0 Å². The fourth-order valence-corrected chi connectivity index (χ4v) is 2.46. The van der Waals surface area contributed by atoms with E-state index in [0.717, 1.165) is 23.1 Å². The van der Waals surface area contributed by atoms with Crippen LogP contribution in [0.15, 0.2) is 18.2 Å². The molecule has 0 spiro atoms. The maximum absolute atomic E-state index is 5.26. The van der Waals surface area contributed by atoms with E-state index in [1.54, 1.807) is 14.2 Å². The second kappa shape index (κ2) is 5.30. The molecule has 1 aliphatic carbocycles. The molecule has 1 N–H and O–H groups in total. The lowest BCUT2D eigenvalue weighted by molar-refractivity contribution is 0.394. The lowest BCUT2D eigenvalue weighted by atomic mass is 10.1. The van der Waals surface area contributed by atoms with Crippen LogP contribution < -0.4 is 14.8 Å². The van der Waals surface area contributed by atoms with Crippen molar-refractivity contribution in [2.75, 3.05) is 19.5 Å². The number of ether oxygens (including phenoxy) is 2. The average molecular weight is 235 g/mol. The Bertz CT molecular complexity index is 356. The third-order valence-corrected chi connectivity index (χ3v) is 3.42. The summed E-state index contributed by atoms with van der Waals surface area (Å²) in [7, 11) is 3.35. The van der Waals surface area contributed by atoms with E-state index in [1.807, 2.05) is 18.2 Å². The molecule has 0 aliphatic heterocycles. The van der Waals surface area contributed by atoms with Gasteiger partial charge in [0, 0.05) is 29.9 Å². The van der Waals surface area contributed by atoms with Gasteiger partial charge in [0.15, 0.2) is 0 Å². The smallest absolute Gasteiger partial charge is 0.124 e. The van der Waals surface area contributed by atoms with E-state index in [9.17, 15) is 0 Å². The first-order valence-corrected chi connectivity index (χ1v) is 6.21. The first kappa shape index (κ1) is 12.1. The van der Waals surface area contributed by atoms with E-state index >= 15 is 0 Å². The minimum absolute atomic E-state index is 0.585. The third-order valence-electron chi connectivity index (χ3n) is 3.42. The maximum Gasteiger partial charge on any atom is 0.124 e. The number of benzene rings is 1. The Balaban J connectivity index is 2.09. The van der Waals surface area contributed by atoms with Crippen LogP contribution in [0.5, 0.6) is 11.5 Å². The van der Waals surface area contributed by atoms with Crippen LogP contribution in [0.25, 0.3) is 0 Å². The molecule has 1 aromatic carbocycles. The maximum atomic E-state index is 5.26. The Labute approximate surface area is 103 Å². The summed E-state index contributed by atoms with van der Waals surface area (Å²) in [6.07, 6.45) is 3.82. The van der Waals surface area contributed by atoms with E-state index in [1.165, 1.54) is 19.3 Å². The van der Waals surface area contributed by atoms with Crippen LogP contribution in [0.2, 0.25) is 0 Å². The zero-order chi connectivity index (χ0) is 12.3. The zero-order valence-corrected chi connectivity index (χ0v) is 10.8. The predicted octanol–water partition coefficient (Wildman–Crippen LogP) is 3.30. The molecule has 0 amide bonds. The summed E-state index contributed by atoms with van der Waals surface area (Å²) in [5.74, 6) is 2.50. The molecule has 2 atom stereocenters. The molecule has 1 aliphatic rings. The molecule has 2 unspecified atom stereocenters. The molecule has 94 valence electrons. The Morgan fingerprint density at radius 3 is 2.18 bits per heavy atom. The quantitative estimate of drug-likeness (QED) is 0.868. The molecule has 1 aromatic rings. The monoisotopic (exact) mass is 235 g/mol. The molecule has 17 heavy (non-hydrogen) atoms. The van der Waals surface area contributed by atoms with Crippen molar-refractivity contribution in [3.05, 3.63) is 18.2 Å². The van der Waals surface area contributed by atoms with Gasteiger partial charge in [-0.3, -0.25) is 0 Å². The minimum Gasteiger partial charge on any atom is -0.497 e. The normalized spacial score (nSPS) is 23.5. The summed E-state index contributed by atoms with van der Waals surface area (Å²) in [6.45, 7) is 2.31. The highest BCUT2D eigenvalue weighted by Gasteiger charge is 2.21. The van der Waals surface area contributed by atoms with Crippen LogP contribution in [0, 0.1) is 5.92 Å². The lowest BCUT2D eigenvalue weighted by Gasteiger charge is -2.15. The Morgan fingerprint density at radius 1 is 1.06 bits per heavy atom. The van der Waals surface area contributed by atoms with Gasteiger partial charge in [0.25, 0.3) is 0 Å². The zero-order valence-electron chi connectivity index (χ0n) is 10.8. The summed E-state index contributed by atoms with van der Waals surface area (Å²) < 4.78 is 10.5. The largest absolute Gasteiger partial charge is 0.497 e. The van der Waals surface area contributed by atoms with Crippen molar-refractivity contribution in [3.63, 3.8) is 0 Å². The predicted molar refractivity (Wildman–Crippen MR) is 70.0 cm³/mol. The van der Waals surface area contributed by atoms with Gasteiger partial charge in [-0.15, -0.1) is 0 Å². The number of rotatable bonds is 4. The highest BCUT2D eigenvalue weighted by molar-refractivity contribution is 5.54. The van der Waals surface area contributed by atoms with E-state index in [4.69, 9.17) is 9.47 Å². The summed E-state index contributed by atoms with van der Waals surface area (Å²) in [5.41, 5.74) is 1.08. The van der Waals surface area contributed by atoms with Gasteiger partial charge >= 0.3 is 0 Å². The second-order valence-corrected chi connectivity index (χ2v) is 4.86. The Kier molecular flexibility index (Phi) is 3.77. The van der Waals surface area contributed by atoms with Gasteiger partial charge in [-0.2, -0.15) is 0 Å². The summed E-state index contributed by atoms with van der Waals surface area (Å²) >= 11 is 0. The molecule has 0 saturated heterocycles. The molecule has 0 radical (unpaired) electrons. The molecular weight excluding hydrogens is 214 g/mol. The lowest BCUT2D eigenvalue weighted by Crippen LogP contribution is -2.15. The van der Waals surface area contributed by atoms with Crippen molar-refractivity contribution in [2.24, 2.45) is 5.92 Å². The molecule has 3 heteroatoms. The van der Waals surface area contributed by atoms with Crippen LogP contribution in [0.4, 0.5) is 5.69 Å². The number of methoxy groups -OCH3 is 2. The van der Waals surface area contributed by atoms with Crippen molar-refractivity contribution < 1.29 is 9.47 Å². The summed E-state index contributed by atoms with van der Waals surface area (Å²) in [6, 6.07) is 6.52. The van der Waals surface area contributed by atoms with Crippen molar-refractivity contribution in [1.82, 2.24) is 0 Å². The molecular formula is C14H21NO2. The number of anilines is 1. The summed E-state index contributed by atoms with van der Waals surface area (Å²) in [4.78, 5) is 0. The molecule has 0 heterocycles. The van der Waals surface area contributed by atoms with E-state index in [0.29, 0.717) is 6.04 Å². The highest BCUT2D eigenvalue weighted by Crippen LogP contribution is 2.31.